The van der Waals surface area contributed by atoms with Gasteiger partial charge in [0.05, 0.1) is 5.02 Å². The number of hydrogen-bond acceptors (Lipinski definition) is 4. The second kappa shape index (κ2) is 5.76. The predicted molar refractivity (Wildman–Crippen MR) is 75.7 cm³/mol. The van der Waals surface area contributed by atoms with E-state index >= 15 is 0 Å². The Morgan fingerprint density at radius 1 is 1.30 bits per heavy atom. The summed E-state index contributed by atoms with van der Waals surface area (Å²) in [7, 11) is 0. The van der Waals surface area contributed by atoms with E-state index in [1.54, 1.807) is 0 Å². The largest absolute Gasteiger partial charge is 0.454 e. The van der Waals surface area contributed by atoms with Crippen molar-refractivity contribution in [2.45, 2.75) is 31.1 Å². The number of carbonyl (C=O) groups excluding carboxylic acids is 1. The molecule has 1 fully saturated rings. The molecule has 1 amide bonds. The van der Waals surface area contributed by atoms with Crippen molar-refractivity contribution in [2.75, 3.05) is 13.3 Å². The van der Waals surface area contributed by atoms with Crippen molar-refractivity contribution >= 4 is 17.5 Å². The van der Waals surface area contributed by atoms with Gasteiger partial charge in [-0.05, 0) is 25.0 Å². The first-order valence-electron chi connectivity index (χ1n) is 7.00. The minimum Gasteiger partial charge on any atom is -0.454 e. The topological polar surface area (TPSA) is 64.8 Å². The fourth-order valence-corrected chi connectivity index (χ4v) is 3.09. The molecule has 23 heavy (non-hydrogen) atoms. The molecule has 5 nitrogen and oxygen atoms in total. The SMILES string of the molecule is N[C@@H]1CC[C@H](C(F)(F)F)N(C(=O)c2cc(Cl)c3c(c2)OCO3)C1. The summed E-state index contributed by atoms with van der Waals surface area (Å²) in [5, 5.41) is 0.119. The van der Waals surface area contributed by atoms with Crippen molar-refractivity contribution in [2.24, 2.45) is 5.73 Å². The molecule has 0 radical (unpaired) electrons. The van der Waals surface area contributed by atoms with Gasteiger partial charge in [-0.15, -0.1) is 0 Å². The van der Waals surface area contributed by atoms with Crippen LogP contribution in [-0.4, -0.2) is 42.4 Å². The monoisotopic (exact) mass is 350 g/mol. The van der Waals surface area contributed by atoms with Gasteiger partial charge in [0, 0.05) is 18.2 Å². The summed E-state index contributed by atoms with van der Waals surface area (Å²) in [4.78, 5) is 13.3. The molecule has 1 aromatic rings. The Labute approximate surface area is 135 Å². The number of halogens is 4. The maximum atomic E-state index is 13.2. The highest BCUT2D eigenvalue weighted by Crippen LogP contribution is 2.41. The zero-order chi connectivity index (χ0) is 16.8. The van der Waals surface area contributed by atoms with E-state index in [0.29, 0.717) is 0 Å². The van der Waals surface area contributed by atoms with Gasteiger partial charge in [-0.25, -0.2) is 0 Å². The number of likely N-dealkylation sites (tertiary alicyclic amines) is 1. The lowest BCUT2D eigenvalue weighted by atomic mass is 9.97. The fraction of sp³-hybridized carbons (Fsp3) is 0.500. The molecule has 2 aliphatic heterocycles. The molecule has 2 heterocycles. The zero-order valence-electron chi connectivity index (χ0n) is 11.9. The van der Waals surface area contributed by atoms with E-state index in [9.17, 15) is 18.0 Å². The van der Waals surface area contributed by atoms with Crippen molar-refractivity contribution < 1.29 is 27.4 Å². The van der Waals surface area contributed by atoms with Gasteiger partial charge in [-0.1, -0.05) is 11.6 Å². The van der Waals surface area contributed by atoms with Crippen molar-refractivity contribution in [3.8, 4) is 11.5 Å². The average Bonchev–Trinajstić information content (AvgIpc) is 2.94. The normalized spacial score (nSPS) is 24.0. The summed E-state index contributed by atoms with van der Waals surface area (Å²) >= 11 is 5.99. The van der Waals surface area contributed by atoms with Gasteiger partial charge in [0.25, 0.3) is 5.91 Å². The van der Waals surface area contributed by atoms with E-state index in [0.717, 1.165) is 4.90 Å². The van der Waals surface area contributed by atoms with Crippen molar-refractivity contribution in [3.05, 3.63) is 22.7 Å². The minimum atomic E-state index is -4.50. The molecule has 0 saturated carbocycles. The number of nitrogens with two attached hydrogens (primary N) is 1. The molecule has 0 aromatic heterocycles. The summed E-state index contributed by atoms with van der Waals surface area (Å²) < 4.78 is 49.8. The number of carbonyl (C=O) groups is 1. The molecule has 3 rings (SSSR count). The van der Waals surface area contributed by atoms with Crippen molar-refractivity contribution in [3.63, 3.8) is 0 Å². The van der Waals surface area contributed by atoms with Crippen LogP contribution in [0.4, 0.5) is 13.2 Å². The molecule has 0 spiro atoms. The van der Waals surface area contributed by atoms with Gasteiger partial charge in [0.15, 0.2) is 11.5 Å². The summed E-state index contributed by atoms with van der Waals surface area (Å²) in [6, 6.07) is 0.288. The Kier molecular flexibility index (Phi) is 4.05. The lowest BCUT2D eigenvalue weighted by molar-refractivity contribution is -0.184. The number of amides is 1. The second-order valence-electron chi connectivity index (χ2n) is 5.54. The van der Waals surface area contributed by atoms with E-state index in [1.807, 2.05) is 0 Å². The first-order valence-corrected chi connectivity index (χ1v) is 7.37. The quantitative estimate of drug-likeness (QED) is 0.845. The highest BCUT2D eigenvalue weighted by Gasteiger charge is 2.47. The summed E-state index contributed by atoms with van der Waals surface area (Å²) in [5.41, 5.74) is 5.75. The Hall–Kier alpha value is -1.67. The van der Waals surface area contributed by atoms with Gasteiger partial charge in [0.1, 0.15) is 6.04 Å². The maximum Gasteiger partial charge on any atom is 0.408 e. The number of piperidine rings is 1. The van der Waals surface area contributed by atoms with Crippen LogP contribution in [0.2, 0.25) is 5.02 Å². The minimum absolute atomic E-state index is 0.0163. The van der Waals surface area contributed by atoms with Gasteiger partial charge >= 0.3 is 6.18 Å². The van der Waals surface area contributed by atoms with Gasteiger partial charge in [-0.2, -0.15) is 13.2 Å². The third kappa shape index (κ3) is 3.05. The van der Waals surface area contributed by atoms with E-state index in [4.69, 9.17) is 26.8 Å². The number of benzene rings is 1. The van der Waals surface area contributed by atoms with E-state index in [1.165, 1.54) is 12.1 Å². The van der Waals surface area contributed by atoms with Crippen LogP contribution in [0.1, 0.15) is 23.2 Å². The molecule has 0 unspecified atom stereocenters. The highest BCUT2D eigenvalue weighted by atomic mass is 35.5. The molecule has 0 aliphatic carbocycles. The third-order valence-corrected chi connectivity index (χ3v) is 4.21. The number of fused-ring (bicyclic) bond motifs is 1. The van der Waals surface area contributed by atoms with Crippen LogP contribution >= 0.6 is 11.6 Å². The number of nitrogens with zero attached hydrogens (tertiary/aromatic N) is 1. The Morgan fingerprint density at radius 2 is 2.04 bits per heavy atom. The molecular weight excluding hydrogens is 337 g/mol. The average molecular weight is 351 g/mol. The number of alkyl halides is 3. The smallest absolute Gasteiger partial charge is 0.408 e. The summed E-state index contributed by atoms with van der Waals surface area (Å²) in [6.45, 7) is -0.207. The summed E-state index contributed by atoms with van der Waals surface area (Å²) in [6.07, 6.45) is -4.50. The lowest BCUT2D eigenvalue weighted by Crippen LogP contribution is -2.56. The first kappa shape index (κ1) is 16.2. The van der Waals surface area contributed by atoms with Crippen molar-refractivity contribution in [1.82, 2.24) is 4.90 Å². The Morgan fingerprint density at radius 3 is 2.74 bits per heavy atom. The number of hydrogen-bond donors (Lipinski definition) is 1. The molecule has 1 saturated heterocycles. The molecule has 0 bridgehead atoms. The molecule has 1 aromatic carbocycles. The molecule has 126 valence electrons. The third-order valence-electron chi connectivity index (χ3n) is 3.93. The Balaban J connectivity index is 1.93. The predicted octanol–water partition coefficient (Wildman–Crippen LogP) is 2.56. The van der Waals surface area contributed by atoms with E-state index in [-0.39, 0.29) is 48.3 Å². The van der Waals surface area contributed by atoms with Gasteiger partial charge in [-0.3, -0.25) is 4.79 Å². The van der Waals surface area contributed by atoms with E-state index < -0.39 is 24.2 Å². The molecular formula is C14H14ClF3N2O3. The highest BCUT2D eigenvalue weighted by molar-refractivity contribution is 6.32. The van der Waals surface area contributed by atoms with Crippen LogP contribution < -0.4 is 15.2 Å². The van der Waals surface area contributed by atoms with Crippen LogP contribution in [-0.2, 0) is 0 Å². The van der Waals surface area contributed by atoms with Gasteiger partial charge < -0.3 is 20.1 Å². The standard InChI is InChI=1S/C14H14ClF3N2O3/c15-9-3-7(4-10-12(9)23-6-22-10)13(21)20-5-8(19)1-2-11(20)14(16,17)18/h3-4,8,11H,1-2,5-6,19H2/t8-,11-/m1/s1. The van der Waals surface area contributed by atoms with Gasteiger partial charge in [0.2, 0.25) is 6.79 Å². The zero-order valence-corrected chi connectivity index (χ0v) is 12.7. The molecule has 9 heteroatoms. The maximum absolute atomic E-state index is 13.2. The number of ether oxygens (including phenoxy) is 2. The number of rotatable bonds is 1. The van der Waals surface area contributed by atoms with Crippen LogP contribution in [0.5, 0.6) is 11.5 Å². The second-order valence-corrected chi connectivity index (χ2v) is 5.95. The van der Waals surface area contributed by atoms with Crippen LogP contribution in [0.15, 0.2) is 12.1 Å². The van der Waals surface area contributed by atoms with Crippen LogP contribution in [0, 0.1) is 0 Å². The molecule has 2 aliphatic rings. The molecule has 2 N–H and O–H groups in total. The molecule has 2 atom stereocenters. The summed E-state index contributed by atoms with van der Waals surface area (Å²) in [5.74, 6) is -0.251. The Bertz CT molecular complexity index is 638. The lowest BCUT2D eigenvalue weighted by Gasteiger charge is -2.39. The van der Waals surface area contributed by atoms with E-state index in [2.05, 4.69) is 0 Å². The first-order chi connectivity index (χ1) is 10.8. The van der Waals surface area contributed by atoms with Crippen molar-refractivity contribution in [1.29, 1.82) is 0 Å². The van der Waals surface area contributed by atoms with Crippen LogP contribution in [0.3, 0.4) is 0 Å². The van der Waals surface area contributed by atoms with Crippen LogP contribution in [0.25, 0.3) is 0 Å². The fourth-order valence-electron chi connectivity index (χ4n) is 2.82.